The highest BCUT2D eigenvalue weighted by molar-refractivity contribution is 7.98. The second-order valence-electron chi connectivity index (χ2n) is 6.44. The van der Waals surface area contributed by atoms with Crippen molar-refractivity contribution in [2.75, 3.05) is 0 Å². The first-order chi connectivity index (χ1) is 14.1. The molecule has 2 heterocycles. The van der Waals surface area contributed by atoms with E-state index in [4.69, 9.17) is 16.0 Å². The number of carbonyl (C=O) groups excluding carboxylic acids is 1. The van der Waals surface area contributed by atoms with E-state index in [-0.39, 0.29) is 11.9 Å². The molecule has 0 bridgehead atoms. The van der Waals surface area contributed by atoms with Crippen molar-refractivity contribution in [2.24, 2.45) is 0 Å². The minimum absolute atomic E-state index is 0.262. The summed E-state index contributed by atoms with van der Waals surface area (Å²) in [5, 5.41) is 5.16. The number of nitrogens with zero attached hydrogens (tertiary/aromatic N) is 2. The van der Waals surface area contributed by atoms with Gasteiger partial charge in [0.2, 0.25) is 0 Å². The Morgan fingerprint density at radius 2 is 1.83 bits per heavy atom. The lowest BCUT2D eigenvalue weighted by atomic mass is 10.1. The van der Waals surface area contributed by atoms with Gasteiger partial charge in [0.15, 0.2) is 10.9 Å². The molecule has 0 fully saturated rings. The van der Waals surface area contributed by atoms with Gasteiger partial charge in [-0.2, -0.15) is 0 Å². The van der Waals surface area contributed by atoms with E-state index in [9.17, 15) is 4.79 Å². The fraction of sp³-hybridized carbons (Fsp3) is 0.136. The molecule has 0 saturated heterocycles. The highest BCUT2D eigenvalue weighted by Gasteiger charge is 2.23. The molecule has 4 aromatic rings. The molecule has 2 aromatic heterocycles. The maximum atomic E-state index is 13.1. The Balaban J connectivity index is 1.62. The number of aromatic nitrogens is 2. The number of nitrogens with one attached hydrogen (secondary N) is 1. The predicted octanol–water partition coefficient (Wildman–Crippen LogP) is 5.66. The van der Waals surface area contributed by atoms with Crippen molar-refractivity contribution in [3.8, 4) is 0 Å². The highest BCUT2D eigenvalue weighted by Crippen LogP contribution is 2.31. The summed E-state index contributed by atoms with van der Waals surface area (Å²) in [6, 6.07) is 16.6. The number of amides is 1. The topological polar surface area (TPSA) is 68.0 Å². The van der Waals surface area contributed by atoms with Gasteiger partial charge in [-0.25, -0.2) is 9.97 Å². The van der Waals surface area contributed by atoms with E-state index in [1.54, 1.807) is 18.5 Å². The Bertz CT molecular complexity index is 1150. The minimum atomic E-state index is -0.279. The summed E-state index contributed by atoms with van der Waals surface area (Å²) in [6.45, 7) is 1.90. The highest BCUT2D eigenvalue weighted by atomic mass is 35.5. The summed E-state index contributed by atoms with van der Waals surface area (Å²) >= 11 is 7.73. The Morgan fingerprint density at radius 3 is 2.62 bits per heavy atom. The van der Waals surface area contributed by atoms with Crippen molar-refractivity contribution in [1.29, 1.82) is 0 Å². The third-order valence-electron chi connectivity index (χ3n) is 4.51. The molecular formula is C22H18ClN3O2S. The quantitative estimate of drug-likeness (QED) is 0.320. The largest absolute Gasteiger partial charge is 0.451 e. The average molecular weight is 424 g/mol. The monoisotopic (exact) mass is 423 g/mol. The van der Waals surface area contributed by atoms with Gasteiger partial charge in [-0.1, -0.05) is 59.8 Å². The molecule has 0 saturated carbocycles. The van der Waals surface area contributed by atoms with Crippen LogP contribution in [0.3, 0.4) is 0 Å². The van der Waals surface area contributed by atoms with Crippen LogP contribution < -0.4 is 5.32 Å². The second-order valence-corrected chi connectivity index (χ2v) is 7.79. The maximum Gasteiger partial charge on any atom is 0.287 e. The molecule has 0 radical (unpaired) electrons. The molecule has 1 atom stereocenters. The first-order valence-corrected chi connectivity index (χ1v) is 10.5. The minimum Gasteiger partial charge on any atom is -0.451 e. The summed E-state index contributed by atoms with van der Waals surface area (Å²) < 4.78 is 5.92. The number of halogens is 1. The van der Waals surface area contributed by atoms with Crippen LogP contribution >= 0.6 is 23.4 Å². The zero-order valence-electron chi connectivity index (χ0n) is 15.6. The predicted molar refractivity (Wildman–Crippen MR) is 115 cm³/mol. The van der Waals surface area contributed by atoms with E-state index >= 15 is 0 Å². The summed E-state index contributed by atoms with van der Waals surface area (Å²) in [4.78, 5) is 21.5. The lowest BCUT2D eigenvalue weighted by Crippen LogP contribution is -2.27. The van der Waals surface area contributed by atoms with Crippen LogP contribution in [0, 0.1) is 0 Å². The number of thioether (sulfide) groups is 1. The normalized spacial score (nSPS) is 12.1. The first-order valence-electron chi connectivity index (χ1n) is 9.09. The van der Waals surface area contributed by atoms with Crippen molar-refractivity contribution >= 4 is 40.2 Å². The van der Waals surface area contributed by atoms with Crippen molar-refractivity contribution in [3.63, 3.8) is 0 Å². The molecule has 0 aliphatic rings. The Hall–Kier alpha value is -2.83. The van der Waals surface area contributed by atoms with Gasteiger partial charge >= 0.3 is 0 Å². The molecule has 7 heteroatoms. The van der Waals surface area contributed by atoms with Crippen LogP contribution in [-0.2, 0) is 5.75 Å². The fourth-order valence-electron chi connectivity index (χ4n) is 3.09. The lowest BCUT2D eigenvalue weighted by molar-refractivity contribution is 0.0913. The lowest BCUT2D eigenvalue weighted by Gasteiger charge is -2.15. The van der Waals surface area contributed by atoms with Gasteiger partial charge in [-0.05, 0) is 30.7 Å². The number of furan rings is 1. The number of hydrogen-bond acceptors (Lipinski definition) is 5. The Kier molecular flexibility index (Phi) is 5.83. The van der Waals surface area contributed by atoms with E-state index in [2.05, 4.69) is 15.3 Å². The zero-order valence-corrected chi connectivity index (χ0v) is 17.2. The van der Waals surface area contributed by atoms with Gasteiger partial charge in [0.1, 0.15) is 5.58 Å². The van der Waals surface area contributed by atoms with Crippen molar-refractivity contribution < 1.29 is 9.21 Å². The number of rotatable bonds is 6. The molecule has 0 aliphatic carbocycles. The van der Waals surface area contributed by atoms with Crippen LogP contribution in [0.1, 0.15) is 34.6 Å². The number of carbonyl (C=O) groups is 1. The third-order valence-corrected chi connectivity index (χ3v) is 5.76. The molecule has 1 amide bonds. The van der Waals surface area contributed by atoms with Crippen molar-refractivity contribution in [2.45, 2.75) is 23.9 Å². The SMILES string of the molecule is CC(NC(=O)c1oc2ccccc2c1CSc1ncccn1)c1ccccc1Cl. The van der Waals surface area contributed by atoms with Crippen LogP contribution in [-0.4, -0.2) is 15.9 Å². The number of hydrogen-bond donors (Lipinski definition) is 1. The second kappa shape index (κ2) is 8.68. The van der Waals surface area contributed by atoms with E-state index in [1.807, 2.05) is 55.5 Å². The van der Waals surface area contributed by atoms with Gasteiger partial charge in [-0.3, -0.25) is 4.79 Å². The molecule has 29 heavy (non-hydrogen) atoms. The van der Waals surface area contributed by atoms with Crippen LogP contribution in [0.2, 0.25) is 5.02 Å². The van der Waals surface area contributed by atoms with Gasteiger partial charge in [-0.15, -0.1) is 0 Å². The Morgan fingerprint density at radius 1 is 1.10 bits per heavy atom. The van der Waals surface area contributed by atoms with Crippen LogP contribution in [0.4, 0.5) is 0 Å². The fourth-order valence-corrected chi connectivity index (χ4v) is 4.22. The average Bonchev–Trinajstić information content (AvgIpc) is 3.12. The summed E-state index contributed by atoms with van der Waals surface area (Å²) in [6.07, 6.45) is 3.39. The van der Waals surface area contributed by atoms with E-state index in [1.165, 1.54) is 11.8 Å². The van der Waals surface area contributed by atoms with Crippen molar-refractivity contribution in [3.05, 3.63) is 88.9 Å². The van der Waals surface area contributed by atoms with Crippen LogP contribution in [0.5, 0.6) is 0 Å². The molecule has 146 valence electrons. The maximum absolute atomic E-state index is 13.1. The van der Waals surface area contributed by atoms with Gasteiger partial charge in [0.25, 0.3) is 5.91 Å². The third kappa shape index (κ3) is 4.28. The van der Waals surface area contributed by atoms with Crippen molar-refractivity contribution in [1.82, 2.24) is 15.3 Å². The Labute approximate surface area is 177 Å². The van der Waals surface area contributed by atoms with E-state index in [0.717, 1.165) is 16.5 Å². The number of fused-ring (bicyclic) bond motifs is 1. The molecule has 0 spiro atoms. The zero-order chi connectivity index (χ0) is 20.2. The first kappa shape index (κ1) is 19.5. The summed E-state index contributed by atoms with van der Waals surface area (Å²) in [5.74, 6) is 0.538. The van der Waals surface area contributed by atoms with E-state index < -0.39 is 0 Å². The molecular weight excluding hydrogens is 406 g/mol. The molecule has 2 aromatic carbocycles. The molecule has 1 unspecified atom stereocenters. The van der Waals surface area contributed by atoms with Gasteiger partial charge in [0, 0.05) is 34.1 Å². The van der Waals surface area contributed by atoms with Gasteiger partial charge < -0.3 is 9.73 Å². The van der Waals surface area contributed by atoms with E-state index in [0.29, 0.717) is 27.3 Å². The molecule has 5 nitrogen and oxygen atoms in total. The summed E-state index contributed by atoms with van der Waals surface area (Å²) in [7, 11) is 0. The van der Waals surface area contributed by atoms with Gasteiger partial charge in [0.05, 0.1) is 6.04 Å². The standard InChI is InChI=1S/C22H18ClN3O2S/c1-14(15-7-2-4-9-18(15)23)26-21(27)20-17(13-29-22-24-11-6-12-25-22)16-8-3-5-10-19(16)28-20/h2-12,14H,13H2,1H3,(H,26,27). The molecule has 4 rings (SSSR count). The molecule has 0 aliphatic heterocycles. The number of para-hydroxylation sites is 1. The smallest absolute Gasteiger partial charge is 0.287 e. The van der Waals surface area contributed by atoms with Crippen LogP contribution in [0.15, 0.2) is 76.6 Å². The summed E-state index contributed by atoms with van der Waals surface area (Å²) in [5.41, 5.74) is 2.35. The molecule has 1 N–H and O–H groups in total. The number of benzene rings is 2. The van der Waals surface area contributed by atoms with Crippen LogP contribution in [0.25, 0.3) is 11.0 Å².